The Balaban J connectivity index is 3.04. The van der Waals surface area contributed by atoms with Crippen LogP contribution >= 0.6 is 0 Å². The second-order valence-corrected chi connectivity index (χ2v) is 7.66. The molecule has 0 saturated heterocycles. The third-order valence-corrected chi connectivity index (χ3v) is 3.84. The van der Waals surface area contributed by atoms with Crippen molar-refractivity contribution in [3.8, 4) is 0 Å². The highest BCUT2D eigenvalue weighted by atomic mass is 15.2. The van der Waals surface area contributed by atoms with Crippen molar-refractivity contribution in [1.82, 2.24) is 10.2 Å². The van der Waals surface area contributed by atoms with Crippen LogP contribution < -0.4 is 5.32 Å². The Morgan fingerprint density at radius 2 is 1.67 bits per heavy atom. The van der Waals surface area contributed by atoms with Gasteiger partial charge in [0.25, 0.3) is 0 Å². The first kappa shape index (κ1) is 18.2. The average molecular weight is 290 g/mol. The Morgan fingerprint density at radius 1 is 1.10 bits per heavy atom. The lowest BCUT2D eigenvalue weighted by atomic mass is 9.87. The maximum absolute atomic E-state index is 3.71. The van der Waals surface area contributed by atoms with Crippen molar-refractivity contribution in [1.29, 1.82) is 0 Å². The van der Waals surface area contributed by atoms with E-state index in [0.29, 0.717) is 23.4 Å². The second kappa shape index (κ2) is 7.95. The zero-order valence-electron chi connectivity index (χ0n) is 15.0. The Kier molecular flexibility index (Phi) is 6.89. The van der Waals surface area contributed by atoms with Crippen molar-refractivity contribution >= 4 is 0 Å². The molecule has 1 rings (SSSR count). The molecule has 2 nitrogen and oxygen atoms in total. The number of rotatable bonds is 7. The molecule has 0 saturated carbocycles. The molecule has 2 atom stereocenters. The number of likely N-dealkylation sites (N-methyl/N-ethyl adjacent to an activating group) is 2. The summed E-state index contributed by atoms with van der Waals surface area (Å²) < 4.78 is 0. The van der Waals surface area contributed by atoms with Gasteiger partial charge in [-0.15, -0.1) is 0 Å². The lowest BCUT2D eigenvalue weighted by Gasteiger charge is -2.41. The fourth-order valence-electron chi connectivity index (χ4n) is 3.32. The van der Waals surface area contributed by atoms with Crippen molar-refractivity contribution in [3.63, 3.8) is 0 Å². The van der Waals surface area contributed by atoms with Crippen LogP contribution in [0.4, 0.5) is 0 Å². The van der Waals surface area contributed by atoms with E-state index in [1.54, 1.807) is 0 Å². The average Bonchev–Trinajstić information content (AvgIpc) is 2.36. The van der Waals surface area contributed by atoms with Gasteiger partial charge in [-0.1, -0.05) is 71.9 Å². The molecule has 0 amide bonds. The Labute approximate surface area is 131 Å². The monoisotopic (exact) mass is 290 g/mol. The van der Waals surface area contributed by atoms with E-state index >= 15 is 0 Å². The van der Waals surface area contributed by atoms with E-state index in [4.69, 9.17) is 0 Å². The first-order valence-corrected chi connectivity index (χ1v) is 8.25. The highest BCUT2D eigenvalue weighted by Crippen LogP contribution is 2.28. The molecule has 0 spiro atoms. The molecular weight excluding hydrogens is 256 g/mol. The Bertz CT molecular complexity index is 392. The summed E-state index contributed by atoms with van der Waals surface area (Å²) >= 11 is 0. The van der Waals surface area contributed by atoms with Gasteiger partial charge in [0, 0.05) is 18.6 Å². The van der Waals surface area contributed by atoms with E-state index < -0.39 is 0 Å². The summed E-state index contributed by atoms with van der Waals surface area (Å²) in [7, 11) is 2.27. The van der Waals surface area contributed by atoms with Crippen LogP contribution in [-0.2, 0) is 0 Å². The third-order valence-electron chi connectivity index (χ3n) is 3.84. The van der Waals surface area contributed by atoms with Crippen LogP contribution in [-0.4, -0.2) is 31.1 Å². The molecule has 0 fully saturated rings. The van der Waals surface area contributed by atoms with Gasteiger partial charge >= 0.3 is 0 Å². The zero-order valence-corrected chi connectivity index (χ0v) is 15.0. The van der Waals surface area contributed by atoms with Crippen LogP contribution in [0.15, 0.2) is 30.3 Å². The van der Waals surface area contributed by atoms with Crippen LogP contribution in [0.25, 0.3) is 0 Å². The minimum absolute atomic E-state index is 0.315. The molecule has 0 aliphatic heterocycles. The molecule has 21 heavy (non-hydrogen) atoms. The highest BCUT2D eigenvalue weighted by molar-refractivity contribution is 5.21. The van der Waals surface area contributed by atoms with Crippen LogP contribution in [0, 0.1) is 11.3 Å². The molecule has 2 unspecified atom stereocenters. The molecule has 1 N–H and O–H groups in total. The van der Waals surface area contributed by atoms with Crippen molar-refractivity contribution < 1.29 is 0 Å². The minimum Gasteiger partial charge on any atom is -0.309 e. The van der Waals surface area contributed by atoms with E-state index in [2.05, 4.69) is 89.1 Å². The van der Waals surface area contributed by atoms with E-state index in [9.17, 15) is 0 Å². The molecule has 2 heteroatoms. The maximum Gasteiger partial charge on any atom is 0.0480 e. The van der Waals surface area contributed by atoms with E-state index in [1.165, 1.54) is 5.56 Å². The number of nitrogens with one attached hydrogen (secondary N) is 1. The summed E-state index contributed by atoms with van der Waals surface area (Å²) in [6.45, 7) is 15.9. The topological polar surface area (TPSA) is 15.3 Å². The molecule has 0 bridgehead atoms. The second-order valence-electron chi connectivity index (χ2n) is 7.66. The summed E-state index contributed by atoms with van der Waals surface area (Å²) in [6, 6.07) is 11.7. The van der Waals surface area contributed by atoms with Gasteiger partial charge in [0.05, 0.1) is 0 Å². The predicted octanol–water partition coefficient (Wildman–Crippen LogP) is 4.34. The van der Waals surface area contributed by atoms with Crippen molar-refractivity contribution in [2.75, 3.05) is 20.1 Å². The largest absolute Gasteiger partial charge is 0.309 e. The predicted molar refractivity (Wildman–Crippen MR) is 93.6 cm³/mol. The number of hydrogen-bond acceptors (Lipinski definition) is 2. The summed E-state index contributed by atoms with van der Waals surface area (Å²) in [5.74, 6) is 0.599. The first-order valence-electron chi connectivity index (χ1n) is 8.25. The lowest BCUT2D eigenvalue weighted by molar-refractivity contribution is 0.108. The van der Waals surface area contributed by atoms with E-state index in [-0.39, 0.29) is 0 Å². The SMILES string of the molecule is CCNC(c1ccccc1)C(C(C)C)N(C)CC(C)(C)C. The maximum atomic E-state index is 3.71. The highest BCUT2D eigenvalue weighted by Gasteiger charge is 2.30. The summed E-state index contributed by atoms with van der Waals surface area (Å²) in [5.41, 5.74) is 1.70. The molecule has 0 heterocycles. The number of benzene rings is 1. The number of nitrogens with zero attached hydrogens (tertiary/aromatic N) is 1. The third kappa shape index (κ3) is 5.80. The zero-order chi connectivity index (χ0) is 16.0. The van der Waals surface area contributed by atoms with Gasteiger partial charge in [-0.2, -0.15) is 0 Å². The fraction of sp³-hybridized carbons (Fsp3) is 0.684. The summed E-state index contributed by atoms with van der Waals surface area (Å²) in [5, 5.41) is 3.71. The number of hydrogen-bond donors (Lipinski definition) is 1. The van der Waals surface area contributed by atoms with Gasteiger partial charge in [0.15, 0.2) is 0 Å². The van der Waals surface area contributed by atoms with Crippen molar-refractivity contribution in [2.45, 2.75) is 53.6 Å². The summed E-state index contributed by atoms with van der Waals surface area (Å²) in [6.07, 6.45) is 0. The molecular formula is C19H34N2. The van der Waals surface area contributed by atoms with Gasteiger partial charge in [0.1, 0.15) is 0 Å². The first-order chi connectivity index (χ1) is 9.76. The van der Waals surface area contributed by atoms with Gasteiger partial charge in [-0.25, -0.2) is 0 Å². The smallest absolute Gasteiger partial charge is 0.0480 e. The van der Waals surface area contributed by atoms with E-state index in [1.807, 2.05) is 0 Å². The Hall–Kier alpha value is -0.860. The lowest BCUT2D eigenvalue weighted by Crippen LogP contribution is -2.48. The van der Waals surface area contributed by atoms with Gasteiger partial charge < -0.3 is 10.2 Å². The molecule has 0 radical (unpaired) electrons. The van der Waals surface area contributed by atoms with Crippen LogP contribution in [0.5, 0.6) is 0 Å². The fourth-order valence-corrected chi connectivity index (χ4v) is 3.32. The molecule has 1 aromatic rings. The van der Waals surface area contributed by atoms with Crippen LogP contribution in [0.3, 0.4) is 0 Å². The normalized spacial score (nSPS) is 15.5. The molecule has 1 aromatic carbocycles. The standard InChI is InChI=1S/C19H34N2/c1-8-20-17(16-12-10-9-11-13-16)18(15(2)3)21(7)14-19(4,5)6/h9-13,15,17-18,20H,8,14H2,1-7H3. The summed E-state index contributed by atoms with van der Waals surface area (Å²) in [4.78, 5) is 2.53. The van der Waals surface area contributed by atoms with Crippen LogP contribution in [0.1, 0.15) is 53.1 Å². The minimum atomic E-state index is 0.315. The van der Waals surface area contributed by atoms with E-state index in [0.717, 1.165) is 13.1 Å². The van der Waals surface area contributed by atoms with Gasteiger partial charge in [-0.05, 0) is 30.5 Å². The molecule has 120 valence electrons. The van der Waals surface area contributed by atoms with Crippen LogP contribution in [0.2, 0.25) is 0 Å². The van der Waals surface area contributed by atoms with Gasteiger partial charge in [0.2, 0.25) is 0 Å². The van der Waals surface area contributed by atoms with Crippen molar-refractivity contribution in [2.24, 2.45) is 11.3 Å². The molecule has 0 aliphatic carbocycles. The van der Waals surface area contributed by atoms with Crippen molar-refractivity contribution in [3.05, 3.63) is 35.9 Å². The quantitative estimate of drug-likeness (QED) is 0.803. The Morgan fingerprint density at radius 3 is 2.10 bits per heavy atom. The van der Waals surface area contributed by atoms with Gasteiger partial charge in [-0.3, -0.25) is 0 Å². The molecule has 0 aliphatic rings. The molecule has 0 aromatic heterocycles.